The molecule has 0 aliphatic rings. The number of aromatic hydroxyl groups is 1. The number of anilines is 1. The van der Waals surface area contributed by atoms with Crippen molar-refractivity contribution in [3.05, 3.63) is 90.0 Å². The summed E-state index contributed by atoms with van der Waals surface area (Å²) in [7, 11) is 1.57. The van der Waals surface area contributed by atoms with Crippen LogP contribution in [0.4, 0.5) is 10.5 Å². The van der Waals surface area contributed by atoms with Crippen molar-refractivity contribution in [3.8, 4) is 11.5 Å². The van der Waals surface area contributed by atoms with E-state index in [-0.39, 0.29) is 18.1 Å². The number of nitrogens with zero attached hydrogens (tertiary/aromatic N) is 1. The highest BCUT2D eigenvalue weighted by molar-refractivity contribution is 5.99. The number of carbonyl (C=O) groups excluding carboxylic acids is 3. The summed E-state index contributed by atoms with van der Waals surface area (Å²) in [6.07, 6.45) is 1.83. The van der Waals surface area contributed by atoms with E-state index < -0.39 is 29.7 Å². The summed E-state index contributed by atoms with van der Waals surface area (Å²) in [4.78, 5) is 43.0. The number of rotatable bonds is 13. The summed E-state index contributed by atoms with van der Waals surface area (Å²) in [5, 5.41) is 15.5. The van der Waals surface area contributed by atoms with E-state index >= 15 is 0 Å². The van der Waals surface area contributed by atoms with E-state index in [1.54, 1.807) is 69.2 Å². The minimum Gasteiger partial charge on any atom is -0.508 e. The molecule has 9 heteroatoms. The molecule has 9 nitrogen and oxygen atoms in total. The van der Waals surface area contributed by atoms with Gasteiger partial charge in [-0.05, 0) is 74.7 Å². The van der Waals surface area contributed by atoms with Crippen LogP contribution in [0.1, 0.15) is 64.1 Å². The van der Waals surface area contributed by atoms with E-state index in [0.29, 0.717) is 30.0 Å². The SMILES string of the molecule is CCCCCN(C(=O)C(Cc1ccc(O)cc1)NC(=O)OC(C)(C)C)C(C(=O)Nc1ccc(OC)cc1)c1ccccc1. The van der Waals surface area contributed by atoms with Gasteiger partial charge in [-0.1, -0.05) is 62.2 Å². The Balaban J connectivity index is 2.02. The van der Waals surface area contributed by atoms with Crippen molar-refractivity contribution in [1.82, 2.24) is 10.2 Å². The second-order valence-corrected chi connectivity index (χ2v) is 11.3. The first kappa shape index (κ1) is 33.0. The smallest absolute Gasteiger partial charge is 0.408 e. The molecule has 3 aromatic carbocycles. The van der Waals surface area contributed by atoms with Crippen LogP contribution in [-0.2, 0) is 20.7 Å². The second-order valence-electron chi connectivity index (χ2n) is 11.3. The van der Waals surface area contributed by atoms with Crippen LogP contribution in [0.15, 0.2) is 78.9 Å². The summed E-state index contributed by atoms with van der Waals surface area (Å²) in [6.45, 7) is 7.60. The zero-order chi connectivity index (χ0) is 31.4. The zero-order valence-corrected chi connectivity index (χ0v) is 25.6. The van der Waals surface area contributed by atoms with E-state index in [1.165, 1.54) is 12.1 Å². The van der Waals surface area contributed by atoms with Gasteiger partial charge in [0.05, 0.1) is 7.11 Å². The normalized spacial score (nSPS) is 12.5. The van der Waals surface area contributed by atoms with Gasteiger partial charge < -0.3 is 30.1 Å². The quantitative estimate of drug-likeness (QED) is 0.203. The third-order valence-corrected chi connectivity index (χ3v) is 6.68. The number of hydrogen-bond acceptors (Lipinski definition) is 6. The number of carbonyl (C=O) groups is 3. The molecule has 3 N–H and O–H groups in total. The average molecular weight is 590 g/mol. The summed E-state index contributed by atoms with van der Waals surface area (Å²) in [5.41, 5.74) is 1.14. The maximum atomic E-state index is 14.5. The van der Waals surface area contributed by atoms with Crippen molar-refractivity contribution in [2.75, 3.05) is 19.0 Å². The van der Waals surface area contributed by atoms with E-state index in [4.69, 9.17) is 9.47 Å². The highest BCUT2D eigenvalue weighted by Crippen LogP contribution is 2.26. The number of phenolic OH excluding ortho intramolecular Hbond substituents is 1. The largest absolute Gasteiger partial charge is 0.508 e. The Morgan fingerprint density at radius 2 is 1.56 bits per heavy atom. The summed E-state index contributed by atoms with van der Waals surface area (Å²) in [5.74, 6) is -0.0674. The summed E-state index contributed by atoms with van der Waals surface area (Å²) < 4.78 is 10.7. The lowest BCUT2D eigenvalue weighted by Crippen LogP contribution is -2.53. The maximum Gasteiger partial charge on any atom is 0.408 e. The van der Waals surface area contributed by atoms with Gasteiger partial charge in [0.1, 0.15) is 29.2 Å². The van der Waals surface area contributed by atoms with E-state index in [2.05, 4.69) is 17.6 Å². The molecule has 0 aromatic heterocycles. The van der Waals surface area contributed by atoms with Gasteiger partial charge in [0.15, 0.2) is 0 Å². The van der Waals surface area contributed by atoms with Gasteiger partial charge in [-0.3, -0.25) is 9.59 Å². The predicted octanol–water partition coefficient (Wildman–Crippen LogP) is 6.24. The fourth-order valence-corrected chi connectivity index (χ4v) is 4.61. The number of nitrogens with one attached hydrogen (secondary N) is 2. The van der Waals surface area contributed by atoms with Crippen LogP contribution in [0.5, 0.6) is 11.5 Å². The molecule has 2 atom stereocenters. The van der Waals surface area contributed by atoms with Crippen LogP contribution in [0, 0.1) is 0 Å². The highest BCUT2D eigenvalue weighted by atomic mass is 16.6. The monoisotopic (exact) mass is 589 g/mol. The average Bonchev–Trinajstić information content (AvgIpc) is 2.97. The van der Waals surface area contributed by atoms with Gasteiger partial charge in [0.25, 0.3) is 5.91 Å². The Kier molecular flexibility index (Phi) is 12.0. The molecular weight excluding hydrogens is 546 g/mol. The fourth-order valence-electron chi connectivity index (χ4n) is 4.61. The van der Waals surface area contributed by atoms with Crippen molar-refractivity contribution in [2.24, 2.45) is 0 Å². The Morgan fingerprint density at radius 3 is 2.14 bits per heavy atom. The van der Waals surface area contributed by atoms with Crippen molar-refractivity contribution >= 4 is 23.6 Å². The lowest BCUT2D eigenvalue weighted by Gasteiger charge is -2.34. The number of ether oxygens (including phenoxy) is 2. The molecule has 3 aromatic rings. The maximum absolute atomic E-state index is 14.5. The fraction of sp³-hybridized carbons (Fsp3) is 0.382. The van der Waals surface area contributed by atoms with Gasteiger partial charge in [0, 0.05) is 18.7 Å². The molecule has 0 bridgehead atoms. The van der Waals surface area contributed by atoms with Crippen molar-refractivity contribution in [2.45, 2.75) is 71.1 Å². The van der Waals surface area contributed by atoms with Crippen molar-refractivity contribution in [1.29, 1.82) is 0 Å². The summed E-state index contributed by atoms with van der Waals surface area (Å²) in [6, 6.07) is 20.5. The van der Waals surface area contributed by atoms with E-state index in [1.807, 2.05) is 30.3 Å². The third kappa shape index (κ3) is 10.4. The Hall–Kier alpha value is -4.53. The van der Waals surface area contributed by atoms with Gasteiger partial charge in [-0.15, -0.1) is 0 Å². The molecule has 0 fully saturated rings. The Labute approximate surface area is 254 Å². The van der Waals surface area contributed by atoms with E-state index in [9.17, 15) is 19.5 Å². The van der Waals surface area contributed by atoms with Crippen LogP contribution >= 0.6 is 0 Å². The number of amides is 3. The Bertz CT molecular complexity index is 1320. The Morgan fingerprint density at radius 1 is 0.907 bits per heavy atom. The van der Waals surface area contributed by atoms with Gasteiger partial charge in [0.2, 0.25) is 5.91 Å². The third-order valence-electron chi connectivity index (χ3n) is 6.68. The van der Waals surface area contributed by atoms with Crippen LogP contribution < -0.4 is 15.4 Å². The first-order valence-corrected chi connectivity index (χ1v) is 14.6. The van der Waals surface area contributed by atoms with Gasteiger partial charge in [-0.2, -0.15) is 0 Å². The first-order valence-electron chi connectivity index (χ1n) is 14.6. The van der Waals surface area contributed by atoms with Crippen LogP contribution in [0.25, 0.3) is 0 Å². The summed E-state index contributed by atoms with van der Waals surface area (Å²) >= 11 is 0. The molecule has 0 aliphatic carbocycles. The number of unbranched alkanes of at least 4 members (excludes halogenated alkanes) is 2. The zero-order valence-electron chi connectivity index (χ0n) is 25.6. The van der Waals surface area contributed by atoms with Crippen LogP contribution in [0.2, 0.25) is 0 Å². The minimum absolute atomic E-state index is 0.0901. The lowest BCUT2D eigenvalue weighted by molar-refractivity contribution is -0.140. The van der Waals surface area contributed by atoms with Gasteiger partial charge >= 0.3 is 6.09 Å². The standard InChI is InChI=1S/C34H43N3O6/c1-6-7-11-22-37(30(25-12-9-8-10-13-25)31(39)35-26-16-20-28(42-5)21-17-26)32(40)29(36-33(41)43-34(2,3)4)23-24-14-18-27(38)19-15-24/h8-10,12-21,29-30,38H,6-7,11,22-23H2,1-5H3,(H,35,39)(H,36,41). The van der Waals surface area contributed by atoms with Crippen molar-refractivity contribution in [3.63, 3.8) is 0 Å². The molecule has 0 radical (unpaired) electrons. The molecule has 3 rings (SSSR count). The van der Waals surface area contributed by atoms with Crippen molar-refractivity contribution < 1.29 is 29.0 Å². The number of methoxy groups -OCH3 is 1. The molecule has 0 saturated heterocycles. The molecule has 0 heterocycles. The number of benzene rings is 3. The molecule has 230 valence electrons. The lowest BCUT2D eigenvalue weighted by atomic mass is 9.99. The minimum atomic E-state index is -1.04. The van der Waals surface area contributed by atoms with Gasteiger partial charge in [-0.25, -0.2) is 4.79 Å². The topological polar surface area (TPSA) is 117 Å². The second kappa shape index (κ2) is 15.6. The molecule has 0 spiro atoms. The number of phenols is 1. The van der Waals surface area contributed by atoms with Crippen LogP contribution in [-0.4, -0.2) is 53.2 Å². The molecular formula is C34H43N3O6. The first-order chi connectivity index (χ1) is 20.5. The van der Waals surface area contributed by atoms with E-state index in [0.717, 1.165) is 18.4 Å². The predicted molar refractivity (Wildman–Crippen MR) is 167 cm³/mol. The molecule has 0 aliphatic heterocycles. The number of alkyl carbamates (subject to hydrolysis) is 1. The molecule has 3 amide bonds. The number of hydrogen-bond donors (Lipinski definition) is 3. The molecule has 0 saturated carbocycles. The molecule has 2 unspecified atom stereocenters. The van der Waals surface area contributed by atoms with Crippen LogP contribution in [0.3, 0.4) is 0 Å². The highest BCUT2D eigenvalue weighted by Gasteiger charge is 2.36. The molecule has 43 heavy (non-hydrogen) atoms.